The van der Waals surface area contributed by atoms with Gasteiger partial charge in [0, 0.05) is 0 Å². The summed E-state index contributed by atoms with van der Waals surface area (Å²) in [5, 5.41) is 0. The van der Waals surface area contributed by atoms with E-state index >= 15 is 0 Å². The fourth-order valence-electron chi connectivity index (χ4n) is 2.02. The minimum atomic E-state index is -3.26. The van der Waals surface area contributed by atoms with Crippen LogP contribution in [0.2, 0.25) is 0 Å². The Kier molecular flexibility index (Phi) is 6.45. The average Bonchev–Trinajstić information content (AvgIpc) is 2.55. The van der Waals surface area contributed by atoms with Crippen molar-refractivity contribution in [1.82, 2.24) is 0 Å². The molecule has 0 amide bonds. The third kappa shape index (κ3) is 5.59. The molecule has 4 nitrogen and oxygen atoms in total. The van der Waals surface area contributed by atoms with Crippen LogP contribution in [0.5, 0.6) is 11.5 Å². The Morgan fingerprint density at radius 2 is 1.70 bits per heavy atom. The summed E-state index contributed by atoms with van der Waals surface area (Å²) in [5.41, 5.74) is 0.912. The van der Waals surface area contributed by atoms with Gasteiger partial charge in [-0.1, -0.05) is 43.0 Å². The Balaban J connectivity index is 2.09. The average molecular weight is 332 g/mol. The molecule has 23 heavy (non-hydrogen) atoms. The third-order valence-electron chi connectivity index (χ3n) is 2.98. The van der Waals surface area contributed by atoms with E-state index in [0.717, 1.165) is 5.56 Å². The van der Waals surface area contributed by atoms with Crippen molar-refractivity contribution in [3.63, 3.8) is 0 Å². The van der Waals surface area contributed by atoms with Crippen LogP contribution >= 0.6 is 7.60 Å². The van der Waals surface area contributed by atoms with Crippen molar-refractivity contribution in [1.29, 1.82) is 0 Å². The van der Waals surface area contributed by atoms with Crippen LogP contribution in [0.1, 0.15) is 12.5 Å². The van der Waals surface area contributed by atoms with Crippen LogP contribution in [0.25, 0.3) is 0 Å². The van der Waals surface area contributed by atoms with Crippen molar-refractivity contribution in [3.8, 4) is 11.5 Å². The number of benzene rings is 2. The van der Waals surface area contributed by atoms with Gasteiger partial charge in [-0.25, -0.2) is 4.57 Å². The summed E-state index contributed by atoms with van der Waals surface area (Å²) in [5.74, 6) is 1.19. The van der Waals surface area contributed by atoms with Gasteiger partial charge in [0.1, 0.15) is 18.1 Å². The lowest BCUT2D eigenvalue weighted by molar-refractivity contribution is 0.278. The van der Waals surface area contributed by atoms with E-state index in [1.807, 2.05) is 30.3 Å². The Bertz CT molecular complexity index is 652. The molecule has 0 heterocycles. The molecule has 0 spiro atoms. The van der Waals surface area contributed by atoms with Crippen molar-refractivity contribution < 1.29 is 18.3 Å². The van der Waals surface area contributed by atoms with Crippen LogP contribution in [0, 0.1) is 0 Å². The zero-order valence-corrected chi connectivity index (χ0v) is 14.1. The van der Waals surface area contributed by atoms with Crippen LogP contribution < -0.4 is 9.26 Å². The van der Waals surface area contributed by atoms with Gasteiger partial charge in [0.2, 0.25) is 0 Å². The predicted octanol–water partition coefficient (Wildman–Crippen LogP) is 5.06. The van der Waals surface area contributed by atoms with Crippen molar-refractivity contribution in [2.75, 3.05) is 13.2 Å². The lowest BCUT2D eigenvalue weighted by atomic mass is 10.2. The molecule has 0 aliphatic rings. The van der Waals surface area contributed by atoms with Crippen LogP contribution in [0.3, 0.4) is 0 Å². The zero-order valence-electron chi connectivity index (χ0n) is 13.2. The Morgan fingerprint density at radius 3 is 2.30 bits per heavy atom. The summed E-state index contributed by atoms with van der Waals surface area (Å²) in [7, 11) is -3.26. The zero-order chi connectivity index (χ0) is 16.5. The molecule has 0 saturated carbocycles. The number of hydrogen-bond donors (Lipinski definition) is 0. The van der Waals surface area contributed by atoms with Crippen molar-refractivity contribution in [3.05, 3.63) is 72.8 Å². The number of hydrogen-bond acceptors (Lipinski definition) is 4. The highest BCUT2D eigenvalue weighted by atomic mass is 31.2. The minimum Gasteiger partial charge on any atom is -0.490 e. The van der Waals surface area contributed by atoms with Crippen LogP contribution in [-0.4, -0.2) is 13.2 Å². The fourth-order valence-corrected chi connectivity index (χ4v) is 3.72. The summed E-state index contributed by atoms with van der Waals surface area (Å²) in [6.45, 7) is 6.16. The lowest BCUT2D eigenvalue weighted by Crippen LogP contribution is -2.01. The van der Waals surface area contributed by atoms with Crippen LogP contribution in [0.4, 0.5) is 0 Å². The smallest absolute Gasteiger partial charge is 0.383 e. The molecule has 2 aromatic carbocycles. The van der Waals surface area contributed by atoms with Crippen molar-refractivity contribution in [2.24, 2.45) is 0 Å². The standard InChI is InChI=1S/C18H21O4P/c1-3-14-20-17-10-12-18(13-11-17)22-23(19,21-4-2)15-16-8-6-5-7-9-16/h3,5-13H,1,4,14-15H2,2H3. The quantitative estimate of drug-likeness (QED) is 0.475. The van der Waals surface area contributed by atoms with Gasteiger partial charge in [0.25, 0.3) is 0 Å². The highest BCUT2D eigenvalue weighted by Crippen LogP contribution is 2.51. The van der Waals surface area contributed by atoms with Crippen molar-refractivity contribution >= 4 is 7.60 Å². The molecule has 0 radical (unpaired) electrons. The molecule has 5 heteroatoms. The summed E-state index contributed by atoms with van der Waals surface area (Å²) >= 11 is 0. The summed E-state index contributed by atoms with van der Waals surface area (Å²) in [6.07, 6.45) is 1.91. The molecule has 122 valence electrons. The predicted molar refractivity (Wildman–Crippen MR) is 92.1 cm³/mol. The second kappa shape index (κ2) is 8.56. The Labute approximate surface area is 137 Å². The second-order valence-corrected chi connectivity index (χ2v) is 6.81. The monoisotopic (exact) mass is 332 g/mol. The van der Waals surface area contributed by atoms with Gasteiger partial charge >= 0.3 is 7.60 Å². The Morgan fingerprint density at radius 1 is 1.04 bits per heavy atom. The van der Waals surface area contributed by atoms with Gasteiger partial charge < -0.3 is 9.26 Å². The van der Waals surface area contributed by atoms with Gasteiger partial charge in [0.15, 0.2) is 0 Å². The van der Waals surface area contributed by atoms with E-state index in [9.17, 15) is 4.57 Å². The van der Waals surface area contributed by atoms with Gasteiger partial charge in [-0.05, 0) is 36.8 Å². The normalized spacial score (nSPS) is 13.1. The van der Waals surface area contributed by atoms with Crippen LogP contribution in [-0.2, 0) is 15.3 Å². The molecule has 2 rings (SSSR count). The van der Waals surface area contributed by atoms with Gasteiger partial charge in [-0.15, -0.1) is 0 Å². The first-order chi connectivity index (χ1) is 11.1. The maximum atomic E-state index is 12.9. The van der Waals surface area contributed by atoms with Gasteiger partial charge in [-0.3, -0.25) is 4.52 Å². The van der Waals surface area contributed by atoms with E-state index in [0.29, 0.717) is 24.7 Å². The Hall–Kier alpha value is -2.03. The maximum absolute atomic E-state index is 12.9. The first kappa shape index (κ1) is 17.3. The molecule has 1 atom stereocenters. The summed E-state index contributed by atoms with van der Waals surface area (Å²) in [6, 6.07) is 16.5. The van der Waals surface area contributed by atoms with Crippen molar-refractivity contribution in [2.45, 2.75) is 13.1 Å². The first-order valence-corrected chi connectivity index (χ1v) is 9.19. The molecule has 0 aromatic heterocycles. The lowest BCUT2D eigenvalue weighted by Gasteiger charge is -2.19. The topological polar surface area (TPSA) is 44.8 Å². The second-order valence-electron chi connectivity index (χ2n) is 4.83. The van der Waals surface area contributed by atoms with Gasteiger partial charge in [-0.2, -0.15) is 0 Å². The molecule has 0 aliphatic heterocycles. The molecular formula is C18H21O4P. The third-order valence-corrected chi connectivity index (χ3v) is 4.87. The van der Waals surface area contributed by atoms with Crippen LogP contribution in [0.15, 0.2) is 67.3 Å². The number of rotatable bonds is 9. The molecule has 0 saturated heterocycles. The van der Waals surface area contributed by atoms with E-state index in [1.165, 1.54) is 0 Å². The van der Waals surface area contributed by atoms with E-state index < -0.39 is 7.60 Å². The molecular weight excluding hydrogens is 311 g/mol. The molecule has 2 aromatic rings. The number of ether oxygens (including phenoxy) is 1. The molecule has 0 bridgehead atoms. The highest BCUT2D eigenvalue weighted by molar-refractivity contribution is 7.53. The molecule has 1 unspecified atom stereocenters. The van der Waals surface area contributed by atoms with E-state index in [4.69, 9.17) is 13.8 Å². The highest BCUT2D eigenvalue weighted by Gasteiger charge is 2.26. The fraction of sp³-hybridized carbons (Fsp3) is 0.222. The molecule has 0 aliphatic carbocycles. The first-order valence-electron chi connectivity index (χ1n) is 7.46. The summed E-state index contributed by atoms with van der Waals surface area (Å²) < 4.78 is 29.4. The minimum absolute atomic E-state index is 0.233. The maximum Gasteiger partial charge on any atom is 0.383 e. The largest absolute Gasteiger partial charge is 0.490 e. The SMILES string of the molecule is C=CCOc1ccc(OP(=O)(Cc2ccccc2)OCC)cc1. The van der Waals surface area contributed by atoms with E-state index in [-0.39, 0.29) is 6.16 Å². The van der Waals surface area contributed by atoms with E-state index in [2.05, 4.69) is 6.58 Å². The molecule has 0 fully saturated rings. The summed E-state index contributed by atoms with van der Waals surface area (Å²) in [4.78, 5) is 0. The van der Waals surface area contributed by atoms with Gasteiger partial charge in [0.05, 0.1) is 12.8 Å². The van der Waals surface area contributed by atoms with E-state index in [1.54, 1.807) is 37.3 Å². The molecule has 0 N–H and O–H groups in total.